The van der Waals surface area contributed by atoms with E-state index >= 15 is 0 Å². The fourth-order valence-electron chi connectivity index (χ4n) is 1.50. The van der Waals surface area contributed by atoms with Crippen molar-refractivity contribution < 1.29 is 0 Å². The summed E-state index contributed by atoms with van der Waals surface area (Å²) < 4.78 is 0. The van der Waals surface area contributed by atoms with Crippen molar-refractivity contribution in [1.82, 2.24) is 10.2 Å². The molecule has 1 radical (unpaired) electrons. The van der Waals surface area contributed by atoms with E-state index in [2.05, 4.69) is 41.4 Å². The van der Waals surface area contributed by atoms with Gasteiger partial charge in [-0.2, -0.15) is 10.2 Å². The van der Waals surface area contributed by atoms with Crippen molar-refractivity contribution >= 4 is 0 Å². The number of hydrogen-bond acceptors (Lipinski definition) is 2. The minimum absolute atomic E-state index is 0.915. The zero-order valence-corrected chi connectivity index (χ0v) is 8.56. The summed E-state index contributed by atoms with van der Waals surface area (Å²) in [5, 5.41) is 7.92. The second kappa shape index (κ2) is 4.69. The summed E-state index contributed by atoms with van der Waals surface area (Å²) in [5.41, 5.74) is 3.34. The Labute approximate surface area is 90.0 Å². The highest BCUT2D eigenvalue weighted by Gasteiger charge is 1.98. The largest absolute Gasteiger partial charge is 0.159 e. The molecule has 1 heterocycles. The minimum Gasteiger partial charge on any atom is -0.159 e. The topological polar surface area (TPSA) is 25.8 Å². The molecule has 0 fully saturated rings. The molecule has 0 atom stereocenters. The zero-order valence-electron chi connectivity index (χ0n) is 8.56. The second-order valence-electron chi connectivity index (χ2n) is 3.41. The Morgan fingerprint density at radius 1 is 1.07 bits per heavy atom. The van der Waals surface area contributed by atoms with Gasteiger partial charge in [0.05, 0.1) is 5.69 Å². The van der Waals surface area contributed by atoms with E-state index < -0.39 is 0 Å². The third kappa shape index (κ3) is 2.40. The summed E-state index contributed by atoms with van der Waals surface area (Å²) in [4.78, 5) is 0. The molecule has 0 unspecified atom stereocenters. The Balaban J connectivity index is 2.24. The van der Waals surface area contributed by atoms with Crippen molar-refractivity contribution in [2.45, 2.75) is 12.8 Å². The van der Waals surface area contributed by atoms with Gasteiger partial charge in [-0.05, 0) is 30.5 Å². The van der Waals surface area contributed by atoms with Gasteiger partial charge in [0, 0.05) is 11.8 Å². The smallest absolute Gasteiger partial charge is 0.0929 e. The van der Waals surface area contributed by atoms with E-state index in [1.54, 1.807) is 6.20 Å². The van der Waals surface area contributed by atoms with Crippen LogP contribution in [0, 0.1) is 6.92 Å². The van der Waals surface area contributed by atoms with Gasteiger partial charge in [-0.3, -0.25) is 0 Å². The Hall–Kier alpha value is -1.70. The van der Waals surface area contributed by atoms with Gasteiger partial charge in [0.25, 0.3) is 0 Å². The SMILES string of the molecule is [CH2]CCc1ccc(-c2cccnn2)cc1. The average molecular weight is 197 g/mol. The Bertz CT molecular complexity index is 406. The number of nitrogens with zero attached hydrogens (tertiary/aromatic N) is 2. The predicted molar refractivity (Wildman–Crippen MR) is 61.1 cm³/mol. The molecule has 0 spiro atoms. The highest BCUT2D eigenvalue weighted by atomic mass is 15.1. The Morgan fingerprint density at radius 3 is 2.47 bits per heavy atom. The maximum absolute atomic E-state index is 4.06. The van der Waals surface area contributed by atoms with Gasteiger partial charge in [-0.1, -0.05) is 31.2 Å². The van der Waals surface area contributed by atoms with Crippen LogP contribution in [0.4, 0.5) is 0 Å². The van der Waals surface area contributed by atoms with Gasteiger partial charge >= 0.3 is 0 Å². The highest BCUT2D eigenvalue weighted by Crippen LogP contribution is 2.16. The van der Waals surface area contributed by atoms with Crippen LogP contribution < -0.4 is 0 Å². The van der Waals surface area contributed by atoms with Crippen LogP contribution in [-0.2, 0) is 6.42 Å². The van der Waals surface area contributed by atoms with Gasteiger partial charge in [-0.15, -0.1) is 0 Å². The lowest BCUT2D eigenvalue weighted by Gasteiger charge is -2.01. The summed E-state index contributed by atoms with van der Waals surface area (Å²) in [7, 11) is 0. The van der Waals surface area contributed by atoms with Crippen LogP contribution in [0.5, 0.6) is 0 Å². The third-order valence-electron chi connectivity index (χ3n) is 2.29. The minimum atomic E-state index is 0.915. The van der Waals surface area contributed by atoms with Crippen molar-refractivity contribution in [2.24, 2.45) is 0 Å². The number of rotatable bonds is 3. The first-order valence-electron chi connectivity index (χ1n) is 5.06. The van der Waals surface area contributed by atoms with E-state index in [0.717, 1.165) is 24.1 Å². The lowest BCUT2D eigenvalue weighted by Crippen LogP contribution is -1.87. The molecule has 0 bridgehead atoms. The standard InChI is InChI=1S/C13H13N2/c1-2-4-11-6-8-12(9-7-11)13-5-3-10-14-15-13/h3,5-10H,1-2,4H2. The first-order valence-corrected chi connectivity index (χ1v) is 5.06. The van der Waals surface area contributed by atoms with Crippen LogP contribution in [0.25, 0.3) is 11.3 Å². The quantitative estimate of drug-likeness (QED) is 0.756. The van der Waals surface area contributed by atoms with Gasteiger partial charge in [0.1, 0.15) is 0 Å². The molecule has 0 aliphatic carbocycles. The molecule has 2 nitrogen and oxygen atoms in total. The summed E-state index contributed by atoms with van der Waals surface area (Å²) in [6, 6.07) is 12.3. The third-order valence-corrected chi connectivity index (χ3v) is 2.29. The zero-order chi connectivity index (χ0) is 10.5. The summed E-state index contributed by atoms with van der Waals surface area (Å²) in [6.45, 7) is 3.84. The molecule has 2 heteroatoms. The van der Waals surface area contributed by atoms with Crippen LogP contribution in [-0.4, -0.2) is 10.2 Å². The van der Waals surface area contributed by atoms with E-state index in [1.807, 2.05) is 12.1 Å². The summed E-state index contributed by atoms with van der Waals surface area (Å²) in [6.07, 6.45) is 3.64. The highest BCUT2D eigenvalue weighted by molar-refractivity contribution is 5.58. The number of benzene rings is 1. The Morgan fingerprint density at radius 2 is 1.87 bits per heavy atom. The van der Waals surface area contributed by atoms with Gasteiger partial charge in [-0.25, -0.2) is 0 Å². The Kier molecular flexibility index (Phi) is 3.08. The van der Waals surface area contributed by atoms with E-state index in [0.29, 0.717) is 0 Å². The lowest BCUT2D eigenvalue weighted by atomic mass is 10.1. The van der Waals surface area contributed by atoms with Crippen molar-refractivity contribution in [3.63, 3.8) is 0 Å². The van der Waals surface area contributed by atoms with E-state index in [1.165, 1.54) is 5.56 Å². The fourth-order valence-corrected chi connectivity index (χ4v) is 1.50. The summed E-state index contributed by atoms with van der Waals surface area (Å²) >= 11 is 0. The maximum Gasteiger partial charge on any atom is 0.0929 e. The molecule has 75 valence electrons. The average Bonchev–Trinajstić information content (AvgIpc) is 2.32. The van der Waals surface area contributed by atoms with Gasteiger partial charge in [0.2, 0.25) is 0 Å². The molecular formula is C13H13N2. The number of hydrogen-bond donors (Lipinski definition) is 0. The van der Waals surface area contributed by atoms with Crippen LogP contribution in [0.15, 0.2) is 42.6 Å². The number of aryl methyl sites for hydroxylation is 1. The molecule has 0 aliphatic heterocycles. The van der Waals surface area contributed by atoms with Gasteiger partial charge < -0.3 is 0 Å². The van der Waals surface area contributed by atoms with Crippen molar-refractivity contribution in [2.75, 3.05) is 0 Å². The molecule has 1 aromatic carbocycles. The molecule has 0 saturated carbocycles. The van der Waals surface area contributed by atoms with E-state index in [9.17, 15) is 0 Å². The maximum atomic E-state index is 4.06. The molecule has 0 amide bonds. The molecule has 0 saturated heterocycles. The predicted octanol–water partition coefficient (Wildman–Crippen LogP) is 2.91. The van der Waals surface area contributed by atoms with E-state index in [4.69, 9.17) is 0 Å². The fraction of sp³-hybridized carbons (Fsp3) is 0.154. The van der Waals surface area contributed by atoms with Crippen molar-refractivity contribution in [3.05, 3.63) is 55.1 Å². The second-order valence-corrected chi connectivity index (χ2v) is 3.41. The first kappa shape index (κ1) is 9.84. The normalized spacial score (nSPS) is 10.2. The molecular weight excluding hydrogens is 184 g/mol. The van der Waals surface area contributed by atoms with E-state index in [-0.39, 0.29) is 0 Å². The molecule has 2 aromatic rings. The first-order chi connectivity index (χ1) is 7.40. The molecule has 2 rings (SSSR count). The van der Waals surface area contributed by atoms with Crippen LogP contribution in [0.1, 0.15) is 12.0 Å². The van der Waals surface area contributed by atoms with Crippen molar-refractivity contribution in [3.8, 4) is 11.3 Å². The van der Waals surface area contributed by atoms with Crippen molar-refractivity contribution in [1.29, 1.82) is 0 Å². The number of aromatic nitrogens is 2. The van der Waals surface area contributed by atoms with Crippen LogP contribution >= 0.6 is 0 Å². The van der Waals surface area contributed by atoms with Crippen LogP contribution in [0.3, 0.4) is 0 Å². The molecule has 0 N–H and O–H groups in total. The molecule has 1 aromatic heterocycles. The van der Waals surface area contributed by atoms with Crippen LogP contribution in [0.2, 0.25) is 0 Å². The van der Waals surface area contributed by atoms with Gasteiger partial charge in [0.15, 0.2) is 0 Å². The monoisotopic (exact) mass is 197 g/mol. The molecule has 15 heavy (non-hydrogen) atoms. The molecule has 0 aliphatic rings. The summed E-state index contributed by atoms with van der Waals surface area (Å²) in [5.74, 6) is 0. The lowest BCUT2D eigenvalue weighted by molar-refractivity contribution is 0.998.